The Morgan fingerprint density at radius 2 is 1.93 bits per heavy atom. The molecule has 0 amide bonds. The van der Waals surface area contributed by atoms with Crippen LogP contribution in [-0.2, 0) is 12.8 Å². The zero-order chi connectivity index (χ0) is 10.7. The second-order valence-corrected chi connectivity index (χ2v) is 4.11. The van der Waals surface area contributed by atoms with Crippen molar-refractivity contribution in [1.29, 1.82) is 0 Å². The standard InChI is InChI=1S/C12H17NO2/c14-12(8-13-15)11-6-5-9-3-1-2-4-10(9)7-11/h5-7,12-15H,1-4,8H2. The van der Waals surface area contributed by atoms with Crippen LogP contribution in [0, 0.1) is 0 Å². The van der Waals surface area contributed by atoms with Gasteiger partial charge in [0.15, 0.2) is 0 Å². The molecule has 3 heteroatoms. The second kappa shape index (κ2) is 4.75. The molecule has 0 heterocycles. The van der Waals surface area contributed by atoms with Gasteiger partial charge in [0.25, 0.3) is 0 Å². The van der Waals surface area contributed by atoms with E-state index < -0.39 is 6.10 Å². The van der Waals surface area contributed by atoms with E-state index in [1.807, 2.05) is 11.5 Å². The van der Waals surface area contributed by atoms with Crippen molar-refractivity contribution >= 4 is 0 Å². The molecule has 0 spiro atoms. The minimum atomic E-state index is -0.623. The molecule has 82 valence electrons. The highest BCUT2D eigenvalue weighted by molar-refractivity contribution is 5.34. The van der Waals surface area contributed by atoms with E-state index in [2.05, 4.69) is 12.1 Å². The lowest BCUT2D eigenvalue weighted by atomic mass is 9.89. The number of hydroxylamine groups is 1. The van der Waals surface area contributed by atoms with Crippen molar-refractivity contribution in [3.05, 3.63) is 34.9 Å². The van der Waals surface area contributed by atoms with E-state index in [0.29, 0.717) is 0 Å². The maximum absolute atomic E-state index is 9.70. The highest BCUT2D eigenvalue weighted by Crippen LogP contribution is 2.24. The molecule has 1 aromatic carbocycles. The fraction of sp³-hybridized carbons (Fsp3) is 0.500. The Balaban J connectivity index is 2.20. The van der Waals surface area contributed by atoms with E-state index in [9.17, 15) is 5.11 Å². The van der Waals surface area contributed by atoms with Crippen LogP contribution in [0.3, 0.4) is 0 Å². The van der Waals surface area contributed by atoms with Gasteiger partial charge < -0.3 is 10.3 Å². The fourth-order valence-corrected chi connectivity index (χ4v) is 2.16. The van der Waals surface area contributed by atoms with Crippen molar-refractivity contribution in [2.24, 2.45) is 0 Å². The number of nitrogens with one attached hydrogen (secondary N) is 1. The van der Waals surface area contributed by atoms with Gasteiger partial charge in [0.05, 0.1) is 12.6 Å². The summed E-state index contributed by atoms with van der Waals surface area (Å²) in [5.74, 6) is 0. The number of aryl methyl sites for hydroxylation is 2. The summed E-state index contributed by atoms with van der Waals surface area (Å²) in [4.78, 5) is 0. The van der Waals surface area contributed by atoms with Crippen molar-refractivity contribution < 1.29 is 10.3 Å². The third-order valence-corrected chi connectivity index (χ3v) is 3.04. The Labute approximate surface area is 89.7 Å². The Morgan fingerprint density at radius 3 is 2.67 bits per heavy atom. The van der Waals surface area contributed by atoms with Crippen LogP contribution in [0.25, 0.3) is 0 Å². The van der Waals surface area contributed by atoms with E-state index in [4.69, 9.17) is 5.21 Å². The largest absolute Gasteiger partial charge is 0.387 e. The van der Waals surface area contributed by atoms with Crippen LogP contribution in [0.1, 0.15) is 35.6 Å². The molecule has 0 saturated carbocycles. The lowest BCUT2D eigenvalue weighted by Gasteiger charge is -2.18. The topological polar surface area (TPSA) is 52.5 Å². The average Bonchev–Trinajstić information content (AvgIpc) is 2.29. The predicted molar refractivity (Wildman–Crippen MR) is 57.8 cm³/mol. The van der Waals surface area contributed by atoms with Crippen molar-refractivity contribution in [2.45, 2.75) is 31.8 Å². The molecule has 0 aliphatic heterocycles. The first kappa shape index (κ1) is 10.6. The number of hydrogen-bond donors (Lipinski definition) is 3. The highest BCUT2D eigenvalue weighted by Gasteiger charge is 2.12. The normalized spacial score (nSPS) is 17.2. The lowest BCUT2D eigenvalue weighted by Crippen LogP contribution is -2.17. The number of fused-ring (bicyclic) bond motifs is 1. The third-order valence-electron chi connectivity index (χ3n) is 3.04. The summed E-state index contributed by atoms with van der Waals surface area (Å²) < 4.78 is 0. The van der Waals surface area contributed by atoms with Crippen LogP contribution in [-0.4, -0.2) is 16.9 Å². The Hall–Kier alpha value is -0.900. The molecule has 1 aliphatic carbocycles. The molecule has 0 saturated heterocycles. The highest BCUT2D eigenvalue weighted by atomic mass is 16.5. The van der Waals surface area contributed by atoms with E-state index in [0.717, 1.165) is 18.4 Å². The SMILES string of the molecule is ONCC(O)c1ccc2c(c1)CCCC2. The molecule has 1 unspecified atom stereocenters. The molecular formula is C12H17NO2. The minimum absolute atomic E-state index is 0.179. The van der Waals surface area contributed by atoms with Gasteiger partial charge in [-0.25, -0.2) is 5.48 Å². The average molecular weight is 207 g/mol. The maximum atomic E-state index is 9.70. The fourth-order valence-electron chi connectivity index (χ4n) is 2.16. The molecule has 1 aliphatic rings. The quantitative estimate of drug-likeness (QED) is 0.659. The number of aliphatic hydroxyl groups excluding tert-OH is 1. The molecule has 0 fully saturated rings. The zero-order valence-corrected chi connectivity index (χ0v) is 8.74. The van der Waals surface area contributed by atoms with Gasteiger partial charge in [-0.2, -0.15) is 0 Å². The van der Waals surface area contributed by atoms with Gasteiger partial charge in [-0.05, 0) is 42.4 Å². The van der Waals surface area contributed by atoms with E-state index in [-0.39, 0.29) is 6.54 Å². The first-order valence-corrected chi connectivity index (χ1v) is 5.48. The summed E-state index contributed by atoms with van der Waals surface area (Å²) in [5, 5.41) is 18.2. The number of rotatable bonds is 3. The van der Waals surface area contributed by atoms with E-state index in [1.165, 1.54) is 24.0 Å². The molecule has 3 N–H and O–H groups in total. The molecule has 0 bridgehead atoms. The Bertz CT molecular complexity index is 338. The predicted octanol–water partition coefficient (Wildman–Crippen LogP) is 1.58. The van der Waals surface area contributed by atoms with Gasteiger partial charge in [0.1, 0.15) is 0 Å². The summed E-state index contributed by atoms with van der Waals surface area (Å²) in [6.45, 7) is 0.179. The molecule has 0 radical (unpaired) electrons. The van der Waals surface area contributed by atoms with E-state index >= 15 is 0 Å². The maximum Gasteiger partial charge on any atom is 0.0937 e. The summed E-state index contributed by atoms with van der Waals surface area (Å²) >= 11 is 0. The first-order valence-electron chi connectivity index (χ1n) is 5.48. The van der Waals surface area contributed by atoms with Crippen molar-refractivity contribution in [1.82, 2.24) is 5.48 Å². The molecule has 3 nitrogen and oxygen atoms in total. The van der Waals surface area contributed by atoms with E-state index in [1.54, 1.807) is 0 Å². The summed E-state index contributed by atoms with van der Waals surface area (Å²) in [6.07, 6.45) is 4.16. The Kier molecular flexibility index (Phi) is 3.36. The molecule has 15 heavy (non-hydrogen) atoms. The number of aliphatic hydroxyl groups is 1. The van der Waals surface area contributed by atoms with Gasteiger partial charge in [-0.3, -0.25) is 0 Å². The summed E-state index contributed by atoms with van der Waals surface area (Å²) in [6, 6.07) is 6.12. The first-order chi connectivity index (χ1) is 7.31. The zero-order valence-electron chi connectivity index (χ0n) is 8.74. The summed E-state index contributed by atoms with van der Waals surface area (Å²) in [7, 11) is 0. The van der Waals surface area contributed by atoms with Crippen LogP contribution >= 0.6 is 0 Å². The molecule has 0 aromatic heterocycles. The van der Waals surface area contributed by atoms with Crippen LogP contribution < -0.4 is 5.48 Å². The molecule has 1 aromatic rings. The summed E-state index contributed by atoms with van der Waals surface area (Å²) in [5.41, 5.74) is 5.65. The van der Waals surface area contributed by atoms with Crippen molar-refractivity contribution in [3.63, 3.8) is 0 Å². The van der Waals surface area contributed by atoms with Crippen molar-refractivity contribution in [2.75, 3.05) is 6.54 Å². The molecule has 1 atom stereocenters. The third kappa shape index (κ3) is 2.37. The second-order valence-electron chi connectivity index (χ2n) is 4.11. The van der Waals surface area contributed by atoms with Crippen LogP contribution in [0.2, 0.25) is 0 Å². The smallest absolute Gasteiger partial charge is 0.0937 e. The van der Waals surface area contributed by atoms with Crippen LogP contribution in [0.4, 0.5) is 0 Å². The van der Waals surface area contributed by atoms with Gasteiger partial charge >= 0.3 is 0 Å². The number of hydrogen-bond acceptors (Lipinski definition) is 3. The van der Waals surface area contributed by atoms with Gasteiger partial charge in [-0.1, -0.05) is 18.2 Å². The van der Waals surface area contributed by atoms with Gasteiger partial charge in [0, 0.05) is 0 Å². The lowest BCUT2D eigenvalue weighted by molar-refractivity contribution is 0.0921. The van der Waals surface area contributed by atoms with Gasteiger partial charge in [0.2, 0.25) is 0 Å². The van der Waals surface area contributed by atoms with Crippen LogP contribution in [0.5, 0.6) is 0 Å². The molecule has 2 rings (SSSR count). The Morgan fingerprint density at radius 1 is 1.20 bits per heavy atom. The molecular weight excluding hydrogens is 190 g/mol. The van der Waals surface area contributed by atoms with Crippen molar-refractivity contribution in [3.8, 4) is 0 Å². The van der Waals surface area contributed by atoms with Crippen LogP contribution in [0.15, 0.2) is 18.2 Å². The van der Waals surface area contributed by atoms with Gasteiger partial charge in [-0.15, -0.1) is 0 Å². The minimum Gasteiger partial charge on any atom is -0.387 e. The number of benzene rings is 1. The monoisotopic (exact) mass is 207 g/mol.